The molecule has 27 heavy (non-hydrogen) atoms. The zero-order valence-electron chi connectivity index (χ0n) is 15.6. The molecule has 0 aliphatic carbocycles. The van der Waals surface area contributed by atoms with Crippen molar-refractivity contribution in [2.45, 2.75) is 44.7 Å². The summed E-state index contributed by atoms with van der Waals surface area (Å²) < 4.78 is 52.1. The van der Waals surface area contributed by atoms with Crippen molar-refractivity contribution in [2.24, 2.45) is 12.0 Å². The topological polar surface area (TPSA) is 63.9 Å². The third kappa shape index (κ3) is 4.92. The van der Waals surface area contributed by atoms with Crippen molar-refractivity contribution >= 4 is 5.96 Å². The highest BCUT2D eigenvalue weighted by atomic mass is 19.4. The molecule has 0 spiro atoms. The molecule has 1 N–H and O–H groups in total. The molecule has 0 radical (unpaired) electrons. The number of hydrogen-bond donors (Lipinski definition) is 1. The molecular weight excluding hydrogens is 363 g/mol. The van der Waals surface area contributed by atoms with Crippen LogP contribution in [0.4, 0.5) is 13.2 Å². The van der Waals surface area contributed by atoms with Crippen molar-refractivity contribution in [3.63, 3.8) is 0 Å². The zero-order valence-corrected chi connectivity index (χ0v) is 15.6. The van der Waals surface area contributed by atoms with E-state index in [1.54, 1.807) is 0 Å². The van der Waals surface area contributed by atoms with Crippen molar-refractivity contribution in [3.05, 3.63) is 17.5 Å². The van der Waals surface area contributed by atoms with Gasteiger partial charge in [0.25, 0.3) is 0 Å². The number of alkyl halides is 3. The summed E-state index contributed by atoms with van der Waals surface area (Å²) in [6.45, 7) is 4.99. The first-order valence-electron chi connectivity index (χ1n) is 9.24. The van der Waals surface area contributed by atoms with Crippen LogP contribution in [0, 0.1) is 0 Å². The van der Waals surface area contributed by atoms with Gasteiger partial charge in [-0.15, -0.1) is 0 Å². The first kappa shape index (κ1) is 19.9. The summed E-state index contributed by atoms with van der Waals surface area (Å²) in [5, 5.41) is 6.70. The van der Waals surface area contributed by atoms with Gasteiger partial charge < -0.3 is 19.7 Å². The first-order chi connectivity index (χ1) is 12.9. The Hall–Kier alpha value is -1.81. The van der Waals surface area contributed by atoms with Crippen LogP contribution in [-0.2, 0) is 29.2 Å². The second-order valence-electron chi connectivity index (χ2n) is 6.75. The van der Waals surface area contributed by atoms with Gasteiger partial charge in [0.05, 0.1) is 19.3 Å². The van der Waals surface area contributed by atoms with Gasteiger partial charge >= 0.3 is 6.18 Å². The van der Waals surface area contributed by atoms with Crippen LogP contribution in [0.5, 0.6) is 0 Å². The van der Waals surface area contributed by atoms with Crippen LogP contribution in [0.15, 0.2) is 11.2 Å². The molecule has 2 aliphatic rings. The molecule has 7 nitrogen and oxygen atoms in total. The van der Waals surface area contributed by atoms with Crippen LogP contribution in [0.3, 0.4) is 0 Å². The van der Waals surface area contributed by atoms with E-state index in [4.69, 9.17) is 9.47 Å². The Bertz CT molecular complexity index is 655. The molecule has 152 valence electrons. The van der Waals surface area contributed by atoms with E-state index in [9.17, 15) is 13.2 Å². The Morgan fingerprint density at radius 1 is 1.33 bits per heavy atom. The second kappa shape index (κ2) is 8.47. The molecule has 10 heteroatoms. The summed E-state index contributed by atoms with van der Waals surface area (Å²) in [6.07, 6.45) is -1.10. The van der Waals surface area contributed by atoms with Crippen LogP contribution >= 0.6 is 0 Å². The number of aryl methyl sites for hydroxylation is 1. The Morgan fingerprint density at radius 3 is 2.78 bits per heavy atom. The van der Waals surface area contributed by atoms with E-state index in [0.717, 1.165) is 19.4 Å². The lowest BCUT2D eigenvalue weighted by molar-refractivity contribution is -0.142. The molecule has 2 unspecified atom stereocenters. The zero-order chi connectivity index (χ0) is 19.4. The van der Waals surface area contributed by atoms with E-state index in [0.29, 0.717) is 32.2 Å². The molecule has 2 saturated heterocycles. The predicted molar refractivity (Wildman–Crippen MR) is 93.3 cm³/mol. The lowest BCUT2D eigenvalue weighted by Crippen LogP contribution is -2.53. The maximum atomic E-state index is 13.1. The number of morpholine rings is 1. The van der Waals surface area contributed by atoms with Crippen LogP contribution < -0.4 is 5.32 Å². The molecule has 0 bridgehead atoms. The van der Waals surface area contributed by atoms with E-state index in [1.807, 2.05) is 11.8 Å². The molecule has 2 atom stereocenters. The van der Waals surface area contributed by atoms with Crippen molar-refractivity contribution in [1.29, 1.82) is 0 Å². The van der Waals surface area contributed by atoms with Crippen molar-refractivity contribution < 1.29 is 22.6 Å². The van der Waals surface area contributed by atoms with E-state index < -0.39 is 11.9 Å². The maximum absolute atomic E-state index is 13.1. The normalized spacial score (nSPS) is 24.5. The Balaban J connectivity index is 1.73. The maximum Gasteiger partial charge on any atom is 0.435 e. The van der Waals surface area contributed by atoms with E-state index >= 15 is 0 Å². The fraction of sp³-hybridized carbons (Fsp3) is 0.765. The third-order valence-electron chi connectivity index (χ3n) is 4.68. The third-order valence-corrected chi connectivity index (χ3v) is 4.68. The summed E-state index contributed by atoms with van der Waals surface area (Å²) in [4.78, 5) is 6.47. The highest BCUT2D eigenvalue weighted by molar-refractivity contribution is 5.80. The molecule has 3 heterocycles. The lowest BCUT2D eigenvalue weighted by atomic mass is 10.1. The predicted octanol–water partition coefficient (Wildman–Crippen LogP) is 1.78. The van der Waals surface area contributed by atoms with Crippen LogP contribution in [0.1, 0.15) is 31.0 Å². The summed E-state index contributed by atoms with van der Waals surface area (Å²) in [5.41, 5.74) is -0.826. The highest BCUT2D eigenvalue weighted by Crippen LogP contribution is 2.31. The van der Waals surface area contributed by atoms with E-state index in [-0.39, 0.29) is 24.3 Å². The lowest BCUT2D eigenvalue weighted by Gasteiger charge is -2.37. The van der Waals surface area contributed by atoms with Crippen LogP contribution in [-0.4, -0.2) is 65.7 Å². The number of halogens is 3. The number of hydrogen-bond acceptors (Lipinski definition) is 4. The number of rotatable bonds is 4. The number of nitrogens with one attached hydrogen (secondary N) is 1. The average molecular weight is 389 g/mol. The largest absolute Gasteiger partial charge is 0.435 e. The molecule has 2 fully saturated rings. The quantitative estimate of drug-likeness (QED) is 0.628. The first-order valence-corrected chi connectivity index (χ1v) is 9.24. The SMILES string of the molecule is CCNC(=NCc1cn(C)nc1C(F)(F)F)N1CCOC(C2CCCO2)C1. The monoisotopic (exact) mass is 389 g/mol. The van der Waals surface area contributed by atoms with Crippen molar-refractivity contribution in [2.75, 3.05) is 32.8 Å². The van der Waals surface area contributed by atoms with Gasteiger partial charge in [0, 0.05) is 45.0 Å². The minimum absolute atomic E-state index is 0.0470. The van der Waals surface area contributed by atoms with Crippen molar-refractivity contribution in [1.82, 2.24) is 20.0 Å². The molecular formula is C17H26F3N5O2. The van der Waals surface area contributed by atoms with Gasteiger partial charge in [0.15, 0.2) is 11.7 Å². The smallest absolute Gasteiger partial charge is 0.375 e. The number of guanidine groups is 1. The molecule has 1 aromatic heterocycles. The highest BCUT2D eigenvalue weighted by Gasteiger charge is 2.37. The average Bonchev–Trinajstić information content (AvgIpc) is 3.28. The van der Waals surface area contributed by atoms with Gasteiger partial charge in [-0.25, -0.2) is 4.99 Å². The summed E-state index contributed by atoms with van der Waals surface area (Å²) >= 11 is 0. The van der Waals surface area contributed by atoms with Crippen molar-refractivity contribution in [3.8, 4) is 0 Å². The van der Waals surface area contributed by atoms with Gasteiger partial charge in [0.1, 0.15) is 6.10 Å². The van der Waals surface area contributed by atoms with Gasteiger partial charge in [-0.2, -0.15) is 18.3 Å². The van der Waals surface area contributed by atoms with Gasteiger partial charge in [-0.3, -0.25) is 4.68 Å². The van der Waals surface area contributed by atoms with Gasteiger partial charge in [-0.1, -0.05) is 0 Å². The molecule has 0 amide bonds. The summed E-state index contributed by atoms with van der Waals surface area (Å²) in [7, 11) is 1.47. The standard InChI is InChI=1S/C17H26F3N5O2/c1-3-21-16(22-9-12-10-24(2)23-15(12)17(18,19)20)25-6-8-27-14(11-25)13-5-4-7-26-13/h10,13-14H,3-9,11H2,1-2H3,(H,21,22). The summed E-state index contributed by atoms with van der Waals surface area (Å²) in [6, 6.07) is 0. The fourth-order valence-electron chi connectivity index (χ4n) is 3.47. The number of nitrogens with zero attached hydrogens (tertiary/aromatic N) is 4. The van der Waals surface area contributed by atoms with Crippen LogP contribution in [0.25, 0.3) is 0 Å². The minimum atomic E-state index is -4.49. The van der Waals surface area contributed by atoms with Crippen LogP contribution in [0.2, 0.25) is 0 Å². The fourth-order valence-corrected chi connectivity index (χ4v) is 3.47. The van der Waals surface area contributed by atoms with Gasteiger partial charge in [0.2, 0.25) is 0 Å². The Kier molecular flexibility index (Phi) is 6.25. The minimum Gasteiger partial charge on any atom is -0.375 e. The number of aromatic nitrogens is 2. The molecule has 0 aromatic carbocycles. The Morgan fingerprint density at radius 2 is 2.11 bits per heavy atom. The molecule has 3 rings (SSSR count). The molecule has 0 saturated carbocycles. The molecule has 1 aromatic rings. The van der Waals surface area contributed by atoms with E-state index in [1.165, 1.54) is 17.9 Å². The second-order valence-corrected chi connectivity index (χ2v) is 6.75. The number of ether oxygens (including phenoxy) is 2. The van der Waals surface area contributed by atoms with E-state index in [2.05, 4.69) is 15.4 Å². The van der Waals surface area contributed by atoms with Gasteiger partial charge in [-0.05, 0) is 19.8 Å². The molecule has 2 aliphatic heterocycles. The Labute approximate surface area is 156 Å². The number of aliphatic imine (C=N–C) groups is 1. The summed E-state index contributed by atoms with van der Waals surface area (Å²) in [5.74, 6) is 0.584.